The number of halogens is 7. The molecule has 3 nitrogen and oxygen atoms in total. The Morgan fingerprint density at radius 3 is 1.31 bits per heavy atom. The SMILES string of the molecule is O=S(=O)(N(F)C(F)(F)F)C(F)(F)F. The second-order valence-electron chi connectivity index (χ2n) is 1.63. The second-order valence-corrected chi connectivity index (χ2v) is 3.37. The summed E-state index contributed by atoms with van der Waals surface area (Å²) in [6.07, 6.45) is -6.24. The maximum atomic E-state index is 11.6. The second kappa shape index (κ2) is 2.97. The van der Waals surface area contributed by atoms with Crippen LogP contribution in [0.3, 0.4) is 0 Å². The van der Waals surface area contributed by atoms with Gasteiger partial charge in [-0.15, -0.1) is 4.48 Å². The van der Waals surface area contributed by atoms with Gasteiger partial charge in [-0.3, -0.25) is 0 Å². The van der Waals surface area contributed by atoms with Gasteiger partial charge in [0.25, 0.3) is 0 Å². The Morgan fingerprint density at radius 2 is 1.23 bits per heavy atom. The number of nitrogens with zero attached hydrogens (tertiary/aromatic N) is 1. The Bertz CT molecular complexity index is 274. The van der Waals surface area contributed by atoms with E-state index in [2.05, 4.69) is 0 Å². The molecule has 13 heavy (non-hydrogen) atoms. The number of hydrogen-bond acceptors (Lipinski definition) is 2. The molecule has 0 spiro atoms. The van der Waals surface area contributed by atoms with Crippen molar-refractivity contribution in [2.24, 2.45) is 0 Å². The van der Waals surface area contributed by atoms with Crippen molar-refractivity contribution in [2.75, 3.05) is 0 Å². The van der Waals surface area contributed by atoms with Gasteiger partial charge < -0.3 is 0 Å². The molecule has 0 aromatic carbocycles. The van der Waals surface area contributed by atoms with Gasteiger partial charge in [0.1, 0.15) is 0 Å². The molecule has 0 bridgehead atoms. The van der Waals surface area contributed by atoms with E-state index < -0.39 is 26.4 Å². The first-order valence-electron chi connectivity index (χ1n) is 2.25. The topological polar surface area (TPSA) is 37.4 Å². The quantitative estimate of drug-likeness (QED) is 0.392. The van der Waals surface area contributed by atoms with E-state index in [0.29, 0.717) is 0 Å². The van der Waals surface area contributed by atoms with Crippen molar-refractivity contribution in [1.82, 2.24) is 4.53 Å². The van der Waals surface area contributed by atoms with Crippen LogP contribution in [0.15, 0.2) is 0 Å². The molecule has 0 unspecified atom stereocenters. The first-order chi connectivity index (χ1) is 5.40. The van der Waals surface area contributed by atoms with E-state index >= 15 is 0 Å². The van der Waals surface area contributed by atoms with Crippen molar-refractivity contribution in [1.29, 1.82) is 0 Å². The van der Waals surface area contributed by atoms with Crippen LogP contribution in [-0.2, 0) is 10.0 Å². The van der Waals surface area contributed by atoms with Gasteiger partial charge in [0.15, 0.2) is 0 Å². The number of hydrogen-bond donors (Lipinski definition) is 0. The van der Waals surface area contributed by atoms with Crippen LogP contribution in [0.4, 0.5) is 30.8 Å². The predicted molar refractivity (Wildman–Crippen MR) is 24.0 cm³/mol. The highest BCUT2D eigenvalue weighted by Gasteiger charge is 2.60. The van der Waals surface area contributed by atoms with Crippen molar-refractivity contribution in [3.8, 4) is 0 Å². The average molecular weight is 235 g/mol. The lowest BCUT2D eigenvalue weighted by atomic mass is 11.2. The van der Waals surface area contributed by atoms with Crippen LogP contribution in [0.1, 0.15) is 0 Å². The third-order valence-electron chi connectivity index (χ3n) is 0.703. The standard InChI is InChI=1S/C2F7NO2S/c3-1(4,5)10(9)13(11,12)2(6,7)8. The summed E-state index contributed by atoms with van der Waals surface area (Å²) in [6.45, 7) is 0. The summed E-state index contributed by atoms with van der Waals surface area (Å²) in [5, 5.41) is 0. The Balaban J connectivity index is 5.12. The highest BCUT2D eigenvalue weighted by Crippen LogP contribution is 2.34. The van der Waals surface area contributed by atoms with E-state index in [1.165, 1.54) is 0 Å². The van der Waals surface area contributed by atoms with Crippen LogP contribution < -0.4 is 0 Å². The fraction of sp³-hybridized carbons (Fsp3) is 1.00. The highest BCUT2D eigenvalue weighted by atomic mass is 32.2. The van der Waals surface area contributed by atoms with Crippen molar-refractivity contribution < 1.29 is 39.2 Å². The smallest absolute Gasteiger partial charge is 0.200 e. The van der Waals surface area contributed by atoms with Crippen LogP contribution in [0.2, 0.25) is 0 Å². The minimum Gasteiger partial charge on any atom is -0.200 e. The van der Waals surface area contributed by atoms with Crippen molar-refractivity contribution in [3.05, 3.63) is 0 Å². The molecular weight excluding hydrogens is 235 g/mol. The number of rotatable bonds is 1. The van der Waals surface area contributed by atoms with E-state index in [0.717, 1.165) is 0 Å². The average Bonchev–Trinajstić information content (AvgIpc) is 1.81. The molecule has 0 aromatic rings. The van der Waals surface area contributed by atoms with E-state index in [-0.39, 0.29) is 0 Å². The first-order valence-corrected chi connectivity index (χ1v) is 3.69. The molecule has 0 fully saturated rings. The lowest BCUT2D eigenvalue weighted by molar-refractivity contribution is -0.271. The lowest BCUT2D eigenvalue weighted by Gasteiger charge is -2.16. The molecule has 0 amide bonds. The largest absolute Gasteiger partial charge is 0.514 e. The predicted octanol–water partition coefficient (Wildman–Crippen LogP) is 1.54. The maximum Gasteiger partial charge on any atom is 0.514 e. The molecule has 0 atom stereocenters. The molecule has 0 N–H and O–H groups in total. The third-order valence-corrected chi connectivity index (χ3v) is 1.92. The zero-order valence-corrected chi connectivity index (χ0v) is 6.13. The van der Waals surface area contributed by atoms with Crippen molar-refractivity contribution >= 4 is 10.0 Å². The van der Waals surface area contributed by atoms with Crippen molar-refractivity contribution in [2.45, 2.75) is 11.8 Å². The van der Waals surface area contributed by atoms with Gasteiger partial charge in [0.05, 0.1) is 4.53 Å². The van der Waals surface area contributed by atoms with Crippen LogP contribution in [0.25, 0.3) is 0 Å². The molecule has 0 aliphatic carbocycles. The highest BCUT2D eigenvalue weighted by molar-refractivity contribution is 7.89. The molecule has 0 aromatic heterocycles. The van der Waals surface area contributed by atoms with Gasteiger partial charge in [0, 0.05) is 0 Å². The van der Waals surface area contributed by atoms with Crippen LogP contribution in [-0.4, -0.2) is 24.8 Å². The number of alkyl halides is 6. The molecule has 0 saturated carbocycles. The summed E-state index contributed by atoms with van der Waals surface area (Å²) in [5.74, 6) is 0. The lowest BCUT2D eigenvalue weighted by Crippen LogP contribution is -2.43. The maximum absolute atomic E-state index is 11.6. The van der Waals surface area contributed by atoms with E-state index in [9.17, 15) is 39.2 Å². The molecule has 0 rings (SSSR count). The molecule has 0 aliphatic rings. The Kier molecular flexibility index (Phi) is 2.84. The molecule has 11 heteroatoms. The van der Waals surface area contributed by atoms with Gasteiger partial charge in [-0.1, -0.05) is 0 Å². The van der Waals surface area contributed by atoms with Gasteiger partial charge in [-0.25, -0.2) is 0 Å². The van der Waals surface area contributed by atoms with E-state index in [1.807, 2.05) is 0 Å². The minimum atomic E-state index is -6.99. The summed E-state index contributed by atoms with van der Waals surface area (Å²) in [6, 6.07) is 0. The van der Waals surface area contributed by atoms with Crippen LogP contribution in [0.5, 0.6) is 0 Å². The monoisotopic (exact) mass is 235 g/mol. The zero-order chi connectivity index (χ0) is 11.1. The normalized spacial score (nSPS) is 15.1. The fourth-order valence-corrected chi connectivity index (χ4v) is 0.681. The molecule has 0 saturated heterocycles. The molecule has 0 radical (unpaired) electrons. The Hall–Kier alpha value is -0.580. The summed E-state index contributed by atoms with van der Waals surface area (Å²) in [7, 11) is -6.99. The molecule has 0 aliphatic heterocycles. The third kappa shape index (κ3) is 2.43. The Labute approximate surface area is 66.7 Å². The van der Waals surface area contributed by atoms with E-state index in [1.54, 1.807) is 0 Å². The van der Waals surface area contributed by atoms with E-state index in [4.69, 9.17) is 0 Å². The number of sulfonamides is 1. The zero-order valence-electron chi connectivity index (χ0n) is 5.32. The summed E-state index contributed by atoms with van der Waals surface area (Å²) >= 11 is 0. The van der Waals surface area contributed by atoms with Gasteiger partial charge in [-0.2, -0.15) is 34.8 Å². The minimum absolute atomic E-state index is 3.19. The van der Waals surface area contributed by atoms with Gasteiger partial charge >= 0.3 is 21.8 Å². The summed E-state index contributed by atoms with van der Waals surface area (Å²) in [5.41, 5.74) is -6.32. The summed E-state index contributed by atoms with van der Waals surface area (Å²) in [4.78, 5) is 0. The molecule has 0 heterocycles. The van der Waals surface area contributed by atoms with Gasteiger partial charge in [0.2, 0.25) is 0 Å². The first kappa shape index (κ1) is 12.4. The van der Waals surface area contributed by atoms with Crippen molar-refractivity contribution in [3.63, 3.8) is 0 Å². The molecule has 80 valence electrons. The molecular formula is C2F7NO2S. The van der Waals surface area contributed by atoms with Crippen LogP contribution in [0, 0.1) is 0 Å². The van der Waals surface area contributed by atoms with Gasteiger partial charge in [-0.05, 0) is 0 Å². The fourth-order valence-electron chi connectivity index (χ4n) is 0.227. The van der Waals surface area contributed by atoms with Crippen LogP contribution >= 0.6 is 0 Å². The Morgan fingerprint density at radius 1 is 0.923 bits per heavy atom. The summed E-state index contributed by atoms with van der Waals surface area (Å²) < 4.78 is 95.0.